The summed E-state index contributed by atoms with van der Waals surface area (Å²) in [6.45, 7) is 0. The molecule has 2 aromatic carbocycles. The van der Waals surface area contributed by atoms with E-state index >= 15 is 0 Å². The lowest BCUT2D eigenvalue weighted by atomic mass is 10.1. The number of benzene rings is 2. The molecule has 4 rings (SSSR count). The summed E-state index contributed by atoms with van der Waals surface area (Å²) in [6, 6.07) is 12.5. The lowest BCUT2D eigenvalue weighted by Crippen LogP contribution is -2.39. The van der Waals surface area contributed by atoms with E-state index in [4.69, 9.17) is 0 Å². The fraction of sp³-hybridized carbons (Fsp3) is 0.125. The van der Waals surface area contributed by atoms with E-state index in [1.54, 1.807) is 30.3 Å². The van der Waals surface area contributed by atoms with Crippen LogP contribution in [0, 0.1) is 5.82 Å². The second-order valence-corrected chi connectivity index (χ2v) is 5.26. The molecule has 1 saturated heterocycles. The molecule has 0 bridgehead atoms. The fourth-order valence-electron chi connectivity index (χ4n) is 2.80. The Morgan fingerprint density at radius 1 is 0.870 bits per heavy atom. The smallest absolute Gasteiger partial charge is 0.263 e. The molecular weight excluding hydrogens is 299 g/mol. The number of rotatable bonds is 2. The monoisotopic (exact) mass is 310 g/mol. The predicted octanol–water partition coefficient (Wildman–Crippen LogP) is 2.32. The number of imide groups is 1. The topological polar surface area (TPSA) is 65.3 Å². The van der Waals surface area contributed by atoms with Crippen molar-refractivity contribution in [2.45, 2.75) is 12.1 Å². The third-order valence-corrected chi connectivity index (χ3v) is 3.89. The summed E-state index contributed by atoms with van der Waals surface area (Å²) in [5.74, 6) is -1.18. The van der Waals surface area contributed by atoms with Gasteiger partial charge in [-0.15, -0.1) is 0 Å². The van der Waals surface area contributed by atoms with Gasteiger partial charge in [-0.05, 0) is 36.4 Å². The summed E-state index contributed by atoms with van der Waals surface area (Å²) in [5, 5.41) is 9.22. The van der Waals surface area contributed by atoms with Crippen molar-refractivity contribution in [1.82, 2.24) is 0 Å². The normalized spacial score (nSPS) is 22.8. The fourth-order valence-corrected chi connectivity index (χ4v) is 2.80. The van der Waals surface area contributed by atoms with E-state index in [-0.39, 0.29) is 11.7 Å². The van der Waals surface area contributed by atoms with Crippen molar-refractivity contribution in [2.75, 3.05) is 9.91 Å². The molecule has 1 fully saturated rings. The molecule has 0 spiro atoms. The number of amides is 2. The van der Waals surface area contributed by atoms with Crippen molar-refractivity contribution in [2.24, 2.45) is 10.3 Å². The van der Waals surface area contributed by atoms with Crippen LogP contribution >= 0.6 is 0 Å². The highest BCUT2D eigenvalue weighted by Gasteiger charge is 2.55. The highest BCUT2D eigenvalue weighted by atomic mass is 19.1. The third-order valence-electron chi connectivity index (χ3n) is 3.89. The number of carbonyl (C=O) groups is 2. The molecule has 23 heavy (non-hydrogen) atoms. The van der Waals surface area contributed by atoms with Gasteiger partial charge in [0.15, 0.2) is 12.1 Å². The lowest BCUT2D eigenvalue weighted by Gasteiger charge is -2.20. The molecular formula is C16H11FN4O2. The molecule has 0 aromatic heterocycles. The molecule has 6 nitrogen and oxygen atoms in total. The SMILES string of the molecule is O=C1C2N=NN(c3ccc(F)cc3)C2C(=O)N1c1ccccc1. The van der Waals surface area contributed by atoms with E-state index < -0.39 is 18.0 Å². The van der Waals surface area contributed by atoms with Gasteiger partial charge in [-0.25, -0.2) is 14.3 Å². The molecule has 2 atom stereocenters. The summed E-state index contributed by atoms with van der Waals surface area (Å²) in [6.07, 6.45) is 0. The first-order valence-electron chi connectivity index (χ1n) is 7.05. The molecule has 2 unspecified atom stereocenters. The van der Waals surface area contributed by atoms with Crippen LogP contribution in [0.5, 0.6) is 0 Å². The van der Waals surface area contributed by atoms with Crippen molar-refractivity contribution < 1.29 is 14.0 Å². The van der Waals surface area contributed by atoms with Crippen LogP contribution in [0.3, 0.4) is 0 Å². The van der Waals surface area contributed by atoms with E-state index in [2.05, 4.69) is 10.3 Å². The van der Waals surface area contributed by atoms with Gasteiger partial charge in [0.1, 0.15) is 5.82 Å². The summed E-state index contributed by atoms with van der Waals surface area (Å²) in [7, 11) is 0. The predicted molar refractivity (Wildman–Crippen MR) is 80.2 cm³/mol. The van der Waals surface area contributed by atoms with Gasteiger partial charge in [0.25, 0.3) is 11.8 Å². The van der Waals surface area contributed by atoms with Gasteiger partial charge >= 0.3 is 0 Å². The van der Waals surface area contributed by atoms with Gasteiger partial charge in [-0.3, -0.25) is 9.59 Å². The van der Waals surface area contributed by atoms with Crippen LogP contribution in [0.25, 0.3) is 0 Å². The maximum atomic E-state index is 13.1. The quantitative estimate of drug-likeness (QED) is 0.800. The molecule has 0 aliphatic carbocycles. The number of carbonyl (C=O) groups excluding carboxylic acids is 2. The van der Waals surface area contributed by atoms with E-state index in [0.717, 1.165) is 4.90 Å². The Morgan fingerprint density at radius 3 is 2.26 bits per heavy atom. The van der Waals surface area contributed by atoms with Crippen LogP contribution in [0.1, 0.15) is 0 Å². The van der Waals surface area contributed by atoms with Gasteiger partial charge in [-0.1, -0.05) is 23.4 Å². The Morgan fingerprint density at radius 2 is 1.57 bits per heavy atom. The van der Waals surface area contributed by atoms with Crippen molar-refractivity contribution >= 4 is 23.2 Å². The summed E-state index contributed by atoms with van der Waals surface area (Å²) < 4.78 is 13.1. The van der Waals surface area contributed by atoms with E-state index in [1.807, 2.05) is 0 Å². The average Bonchev–Trinajstić information content (AvgIpc) is 3.10. The zero-order chi connectivity index (χ0) is 16.0. The maximum Gasteiger partial charge on any atom is 0.263 e. The van der Waals surface area contributed by atoms with Crippen molar-refractivity contribution in [3.8, 4) is 0 Å². The number of nitrogens with zero attached hydrogens (tertiary/aromatic N) is 4. The molecule has 0 saturated carbocycles. The Labute approximate surface area is 130 Å². The Balaban J connectivity index is 1.70. The number of halogens is 1. The number of anilines is 2. The van der Waals surface area contributed by atoms with Crippen LogP contribution in [0.15, 0.2) is 64.9 Å². The van der Waals surface area contributed by atoms with Crippen LogP contribution in [-0.2, 0) is 9.59 Å². The Hall–Kier alpha value is -3.09. The van der Waals surface area contributed by atoms with Gasteiger partial charge < -0.3 is 0 Å². The molecule has 0 radical (unpaired) electrons. The maximum absolute atomic E-state index is 13.1. The van der Waals surface area contributed by atoms with Crippen LogP contribution in [-0.4, -0.2) is 23.9 Å². The number of hydrogen-bond donors (Lipinski definition) is 0. The number of para-hydroxylation sites is 1. The highest BCUT2D eigenvalue weighted by Crippen LogP contribution is 2.34. The second-order valence-electron chi connectivity index (χ2n) is 5.26. The first-order valence-corrected chi connectivity index (χ1v) is 7.05. The van der Waals surface area contributed by atoms with Gasteiger partial charge in [0.05, 0.1) is 11.4 Å². The first-order chi connectivity index (χ1) is 11.2. The van der Waals surface area contributed by atoms with Crippen molar-refractivity contribution in [3.05, 3.63) is 60.4 Å². The van der Waals surface area contributed by atoms with Gasteiger partial charge in [0.2, 0.25) is 0 Å². The molecule has 2 heterocycles. The van der Waals surface area contributed by atoms with Crippen LogP contribution in [0.2, 0.25) is 0 Å². The van der Waals surface area contributed by atoms with E-state index in [0.29, 0.717) is 11.4 Å². The molecule has 2 aromatic rings. The number of fused-ring (bicyclic) bond motifs is 1. The minimum absolute atomic E-state index is 0.388. The summed E-state index contributed by atoms with van der Waals surface area (Å²) >= 11 is 0. The Bertz CT molecular complexity index is 807. The van der Waals surface area contributed by atoms with Crippen molar-refractivity contribution in [3.63, 3.8) is 0 Å². The third kappa shape index (κ3) is 2.01. The zero-order valence-corrected chi connectivity index (χ0v) is 11.8. The van der Waals surface area contributed by atoms with Crippen LogP contribution in [0.4, 0.5) is 15.8 Å². The van der Waals surface area contributed by atoms with Gasteiger partial charge in [-0.2, -0.15) is 5.11 Å². The second kappa shape index (κ2) is 4.98. The van der Waals surface area contributed by atoms with Crippen molar-refractivity contribution in [1.29, 1.82) is 0 Å². The molecule has 7 heteroatoms. The first kappa shape index (κ1) is 13.6. The highest BCUT2D eigenvalue weighted by molar-refractivity contribution is 6.26. The van der Waals surface area contributed by atoms with Crippen LogP contribution < -0.4 is 9.91 Å². The minimum atomic E-state index is -0.868. The molecule has 2 aliphatic rings. The van der Waals surface area contributed by atoms with E-state index in [1.165, 1.54) is 29.3 Å². The minimum Gasteiger partial charge on any atom is -0.271 e. The molecule has 114 valence electrons. The average molecular weight is 310 g/mol. The molecule has 2 aliphatic heterocycles. The zero-order valence-electron chi connectivity index (χ0n) is 11.8. The largest absolute Gasteiger partial charge is 0.271 e. The summed E-state index contributed by atoms with van der Waals surface area (Å²) in [5.41, 5.74) is 1.02. The van der Waals surface area contributed by atoms with E-state index in [9.17, 15) is 14.0 Å². The van der Waals surface area contributed by atoms with Gasteiger partial charge in [0, 0.05) is 0 Å². The lowest BCUT2D eigenvalue weighted by molar-refractivity contribution is -0.121. The number of hydrogen-bond acceptors (Lipinski definition) is 5. The molecule has 0 N–H and O–H groups in total. The summed E-state index contributed by atoms with van der Waals surface area (Å²) in [4.78, 5) is 26.3. The standard InChI is InChI=1S/C16H11FN4O2/c17-10-6-8-12(9-7-10)21-14-13(18-19-21)15(22)20(16(14)23)11-4-2-1-3-5-11/h1-9,13-14H. The molecule has 2 amide bonds. The Kier molecular flexibility index (Phi) is 2.94.